The maximum Gasteiger partial charge on any atom is 0.266 e. The van der Waals surface area contributed by atoms with Gasteiger partial charge in [-0.2, -0.15) is 0 Å². The molecule has 0 aliphatic carbocycles. The van der Waals surface area contributed by atoms with Crippen molar-refractivity contribution < 1.29 is 9.94 Å². The molecule has 0 amide bonds. The molecule has 4 heteroatoms. The van der Waals surface area contributed by atoms with Crippen LogP contribution in [0.25, 0.3) is 21.1 Å². The fourth-order valence-corrected chi connectivity index (χ4v) is 3.20. The van der Waals surface area contributed by atoms with E-state index >= 15 is 0 Å². The van der Waals surface area contributed by atoms with Crippen molar-refractivity contribution in [3.05, 3.63) is 35.5 Å². The number of aryl methyl sites for hydroxylation is 1. The second kappa shape index (κ2) is 3.96. The monoisotopic (exact) mass is 245 g/mol. The summed E-state index contributed by atoms with van der Waals surface area (Å²) in [6.45, 7) is 2.15. The summed E-state index contributed by atoms with van der Waals surface area (Å²) >= 11 is 1.72. The molecular weight excluding hydrogens is 232 g/mol. The van der Waals surface area contributed by atoms with E-state index in [1.54, 1.807) is 17.5 Å². The van der Waals surface area contributed by atoms with Gasteiger partial charge in [-0.3, -0.25) is 5.21 Å². The summed E-state index contributed by atoms with van der Waals surface area (Å²) in [5.41, 5.74) is 1.70. The first-order valence-electron chi connectivity index (χ1n) is 5.71. The number of pyridine rings is 1. The molecule has 0 radical (unpaired) electrons. The topological polar surface area (TPSA) is 37.0 Å². The van der Waals surface area contributed by atoms with Gasteiger partial charge in [-0.05, 0) is 18.9 Å². The molecule has 0 bridgehead atoms. The number of aromatic nitrogens is 2. The normalized spacial score (nSPS) is 11.4. The standard InChI is InChI=1S/C13H13N2OS/c1-2-5-12-14-10-8-15(16)11-7-4-3-6-9(11)13(10)17-12/h3-4,6-8,16H,2,5H2,1H3/q+1. The minimum Gasteiger partial charge on any atom is -0.284 e. The van der Waals surface area contributed by atoms with Gasteiger partial charge >= 0.3 is 0 Å². The molecule has 2 heterocycles. The van der Waals surface area contributed by atoms with Crippen molar-refractivity contribution in [3.8, 4) is 0 Å². The third-order valence-electron chi connectivity index (χ3n) is 2.80. The molecule has 0 aliphatic heterocycles. The molecular formula is C13H13N2OS+. The Kier molecular flexibility index (Phi) is 2.44. The Labute approximate surface area is 103 Å². The zero-order valence-electron chi connectivity index (χ0n) is 9.55. The predicted molar refractivity (Wildman–Crippen MR) is 68.5 cm³/mol. The van der Waals surface area contributed by atoms with Crippen molar-refractivity contribution in [1.29, 1.82) is 0 Å². The van der Waals surface area contributed by atoms with Crippen molar-refractivity contribution in [2.45, 2.75) is 19.8 Å². The SMILES string of the molecule is CCCc1nc2c[n+](O)c3ccccc3c2s1. The molecule has 3 aromatic rings. The maximum absolute atomic E-state index is 9.89. The zero-order chi connectivity index (χ0) is 11.8. The lowest BCUT2D eigenvalue weighted by molar-refractivity contribution is -0.883. The largest absolute Gasteiger partial charge is 0.284 e. The molecule has 2 aromatic heterocycles. The highest BCUT2D eigenvalue weighted by Gasteiger charge is 2.15. The van der Waals surface area contributed by atoms with Crippen LogP contribution in [0.4, 0.5) is 0 Å². The van der Waals surface area contributed by atoms with Crippen molar-refractivity contribution >= 4 is 32.5 Å². The number of benzene rings is 1. The average molecular weight is 245 g/mol. The highest BCUT2D eigenvalue weighted by atomic mass is 32.1. The predicted octanol–water partition coefficient (Wildman–Crippen LogP) is 2.93. The molecule has 0 spiro atoms. The smallest absolute Gasteiger partial charge is 0.266 e. The quantitative estimate of drug-likeness (QED) is 0.556. The van der Waals surface area contributed by atoms with E-state index in [1.165, 1.54) is 0 Å². The maximum atomic E-state index is 9.89. The van der Waals surface area contributed by atoms with Crippen LogP contribution in [-0.2, 0) is 6.42 Å². The van der Waals surface area contributed by atoms with Gasteiger partial charge in [-0.25, -0.2) is 4.98 Å². The zero-order valence-corrected chi connectivity index (χ0v) is 10.4. The van der Waals surface area contributed by atoms with Crippen LogP contribution < -0.4 is 4.73 Å². The molecule has 0 saturated carbocycles. The summed E-state index contributed by atoms with van der Waals surface area (Å²) in [4.78, 5) is 4.55. The number of para-hydroxylation sites is 1. The summed E-state index contributed by atoms with van der Waals surface area (Å²) in [6.07, 6.45) is 3.78. The van der Waals surface area contributed by atoms with Gasteiger partial charge in [0.15, 0.2) is 5.52 Å². The van der Waals surface area contributed by atoms with E-state index in [2.05, 4.69) is 11.9 Å². The fourth-order valence-electron chi connectivity index (χ4n) is 2.03. The van der Waals surface area contributed by atoms with Crippen LogP contribution in [0.2, 0.25) is 0 Å². The van der Waals surface area contributed by atoms with Gasteiger partial charge in [0.1, 0.15) is 0 Å². The Hall–Kier alpha value is -1.68. The molecule has 0 aliphatic rings. The number of thiazole rings is 1. The highest BCUT2D eigenvalue weighted by Crippen LogP contribution is 2.28. The van der Waals surface area contributed by atoms with E-state index in [9.17, 15) is 5.21 Å². The summed E-state index contributed by atoms with van der Waals surface area (Å²) in [5.74, 6) is 0. The fraction of sp³-hybridized carbons (Fsp3) is 0.231. The number of rotatable bonds is 2. The van der Waals surface area contributed by atoms with Gasteiger partial charge < -0.3 is 0 Å². The van der Waals surface area contributed by atoms with Crippen LogP contribution in [0.1, 0.15) is 18.4 Å². The molecule has 1 aromatic carbocycles. The first-order chi connectivity index (χ1) is 8.29. The van der Waals surface area contributed by atoms with Gasteiger partial charge in [-0.15, -0.1) is 11.3 Å². The van der Waals surface area contributed by atoms with Gasteiger partial charge in [0, 0.05) is 10.8 Å². The second-order valence-corrected chi connectivity index (χ2v) is 5.15. The Morgan fingerprint density at radius 3 is 3.00 bits per heavy atom. The molecule has 86 valence electrons. The Balaban J connectivity index is 2.38. The number of nitrogens with zero attached hydrogens (tertiary/aromatic N) is 2. The van der Waals surface area contributed by atoms with Crippen LogP contribution in [0.3, 0.4) is 0 Å². The van der Waals surface area contributed by atoms with Crippen LogP contribution in [0.15, 0.2) is 30.5 Å². The van der Waals surface area contributed by atoms with Crippen molar-refractivity contribution in [1.82, 2.24) is 4.98 Å². The van der Waals surface area contributed by atoms with Crippen LogP contribution >= 0.6 is 11.3 Å². The van der Waals surface area contributed by atoms with Gasteiger partial charge in [0.05, 0.1) is 15.1 Å². The third-order valence-corrected chi connectivity index (χ3v) is 3.97. The lowest BCUT2D eigenvalue weighted by Crippen LogP contribution is -2.30. The first-order valence-corrected chi connectivity index (χ1v) is 6.53. The number of hydrogen-bond donors (Lipinski definition) is 1. The van der Waals surface area contributed by atoms with Gasteiger partial charge in [0.2, 0.25) is 6.20 Å². The molecule has 0 fully saturated rings. The average Bonchev–Trinajstić information content (AvgIpc) is 2.73. The molecule has 3 nitrogen and oxygen atoms in total. The molecule has 0 unspecified atom stereocenters. The van der Waals surface area contributed by atoms with Gasteiger partial charge in [0.25, 0.3) is 5.52 Å². The molecule has 17 heavy (non-hydrogen) atoms. The summed E-state index contributed by atoms with van der Waals surface area (Å²) < 4.78 is 2.32. The Morgan fingerprint density at radius 1 is 1.35 bits per heavy atom. The third kappa shape index (κ3) is 1.65. The molecule has 0 saturated heterocycles. The van der Waals surface area contributed by atoms with E-state index in [0.717, 1.165) is 43.7 Å². The lowest BCUT2D eigenvalue weighted by Gasteiger charge is -1.93. The number of fused-ring (bicyclic) bond motifs is 3. The van der Waals surface area contributed by atoms with Crippen molar-refractivity contribution in [2.75, 3.05) is 0 Å². The van der Waals surface area contributed by atoms with E-state index in [-0.39, 0.29) is 0 Å². The van der Waals surface area contributed by atoms with E-state index in [4.69, 9.17) is 0 Å². The van der Waals surface area contributed by atoms with E-state index in [0.29, 0.717) is 0 Å². The number of hydrogen-bond acceptors (Lipinski definition) is 3. The van der Waals surface area contributed by atoms with Crippen molar-refractivity contribution in [2.24, 2.45) is 0 Å². The lowest BCUT2D eigenvalue weighted by atomic mass is 10.2. The second-order valence-electron chi connectivity index (χ2n) is 4.06. The minimum atomic E-state index is 0.826. The molecule has 1 N–H and O–H groups in total. The van der Waals surface area contributed by atoms with Crippen LogP contribution in [0.5, 0.6) is 0 Å². The highest BCUT2D eigenvalue weighted by molar-refractivity contribution is 7.19. The van der Waals surface area contributed by atoms with E-state index < -0.39 is 0 Å². The summed E-state index contributed by atoms with van der Waals surface area (Å²) in [5, 5.41) is 12.1. The van der Waals surface area contributed by atoms with Crippen LogP contribution in [-0.4, -0.2) is 10.2 Å². The molecule has 3 rings (SSSR count). The summed E-state index contributed by atoms with van der Waals surface area (Å²) in [6, 6.07) is 7.85. The van der Waals surface area contributed by atoms with Crippen LogP contribution in [0, 0.1) is 0 Å². The minimum absolute atomic E-state index is 0.826. The first kappa shape index (κ1) is 10.5. The van der Waals surface area contributed by atoms with Crippen molar-refractivity contribution in [3.63, 3.8) is 0 Å². The molecule has 0 atom stereocenters. The summed E-state index contributed by atoms with van der Waals surface area (Å²) in [7, 11) is 0. The Morgan fingerprint density at radius 2 is 2.18 bits per heavy atom. The van der Waals surface area contributed by atoms with Gasteiger partial charge in [-0.1, -0.05) is 19.1 Å². The van der Waals surface area contributed by atoms with E-state index in [1.807, 2.05) is 24.3 Å². The Bertz CT molecular complexity index is 690.